The minimum absolute atomic E-state index is 0.0774. The van der Waals surface area contributed by atoms with E-state index >= 15 is 0 Å². The van der Waals surface area contributed by atoms with Crippen LogP contribution in [0.25, 0.3) is 0 Å². The first-order valence-electron chi connectivity index (χ1n) is 4.96. The minimum Gasteiger partial charge on any atom is -0.366 e. The van der Waals surface area contributed by atoms with Gasteiger partial charge in [0.15, 0.2) is 0 Å². The van der Waals surface area contributed by atoms with Gasteiger partial charge in [0, 0.05) is 17.1 Å². The van der Waals surface area contributed by atoms with Gasteiger partial charge in [-0.2, -0.15) is 0 Å². The lowest BCUT2D eigenvalue weighted by Gasteiger charge is -2.26. The van der Waals surface area contributed by atoms with Crippen LogP contribution in [0.15, 0.2) is 24.3 Å². The third kappa shape index (κ3) is 1.34. The van der Waals surface area contributed by atoms with E-state index in [1.165, 1.54) is 0 Å². The second-order valence-corrected chi connectivity index (χ2v) is 4.33. The van der Waals surface area contributed by atoms with Gasteiger partial charge in [-0.25, -0.2) is 0 Å². The monoisotopic (exact) mass is 223 g/mol. The number of nitrogens with zero attached hydrogens (tertiary/aromatic N) is 1. The molecule has 2 heterocycles. The van der Waals surface area contributed by atoms with Gasteiger partial charge in [-0.3, -0.25) is 4.79 Å². The van der Waals surface area contributed by atoms with Crippen LogP contribution in [0.4, 0.5) is 5.69 Å². The van der Waals surface area contributed by atoms with E-state index in [-0.39, 0.29) is 18.1 Å². The fourth-order valence-electron chi connectivity index (χ4n) is 2.24. The summed E-state index contributed by atoms with van der Waals surface area (Å²) in [6.45, 7) is 0.652. The predicted octanol–water partition coefficient (Wildman–Crippen LogP) is 1.84. The number of carbonyl (C=O) groups is 1. The van der Waals surface area contributed by atoms with Crippen LogP contribution in [0.3, 0.4) is 0 Å². The smallest absolute Gasteiger partial charge is 0.256 e. The molecule has 2 saturated heterocycles. The number of morpholine rings is 1. The van der Waals surface area contributed by atoms with E-state index in [9.17, 15) is 4.79 Å². The van der Waals surface area contributed by atoms with Crippen LogP contribution in [0, 0.1) is 0 Å². The van der Waals surface area contributed by atoms with Gasteiger partial charge in [0.25, 0.3) is 5.91 Å². The molecule has 1 aromatic carbocycles. The van der Waals surface area contributed by atoms with Crippen molar-refractivity contribution < 1.29 is 9.53 Å². The normalized spacial score (nSPS) is 28.9. The Bertz CT molecular complexity index is 404. The Balaban J connectivity index is 1.94. The third-order valence-corrected chi connectivity index (χ3v) is 3.21. The quantitative estimate of drug-likeness (QED) is 0.727. The predicted molar refractivity (Wildman–Crippen MR) is 57.1 cm³/mol. The zero-order valence-corrected chi connectivity index (χ0v) is 8.78. The molecule has 2 fully saturated rings. The van der Waals surface area contributed by atoms with Crippen molar-refractivity contribution in [1.82, 2.24) is 0 Å². The van der Waals surface area contributed by atoms with Gasteiger partial charge in [-0.15, -0.1) is 0 Å². The summed E-state index contributed by atoms with van der Waals surface area (Å²) in [6, 6.07) is 7.57. The number of benzene rings is 1. The molecule has 0 radical (unpaired) electrons. The van der Waals surface area contributed by atoms with Crippen molar-refractivity contribution >= 4 is 23.2 Å². The van der Waals surface area contributed by atoms with E-state index in [2.05, 4.69) is 0 Å². The van der Waals surface area contributed by atoms with Crippen molar-refractivity contribution in [3.63, 3.8) is 0 Å². The Morgan fingerprint density at radius 3 is 2.67 bits per heavy atom. The maximum absolute atomic E-state index is 11.8. The molecule has 0 N–H and O–H groups in total. The van der Waals surface area contributed by atoms with Crippen LogP contribution >= 0.6 is 11.6 Å². The summed E-state index contributed by atoms with van der Waals surface area (Å²) in [5.41, 5.74) is 0.917. The number of hydrogen-bond acceptors (Lipinski definition) is 2. The molecule has 4 heteroatoms. The fourth-order valence-corrected chi connectivity index (χ4v) is 2.36. The lowest BCUT2D eigenvalue weighted by molar-refractivity contribution is -0.128. The van der Waals surface area contributed by atoms with Crippen LogP contribution in [0.2, 0.25) is 5.02 Å². The summed E-state index contributed by atoms with van der Waals surface area (Å²) in [4.78, 5) is 13.6. The molecule has 0 spiro atoms. The number of rotatable bonds is 1. The van der Waals surface area contributed by atoms with Crippen LogP contribution in [-0.4, -0.2) is 24.7 Å². The molecule has 0 aromatic heterocycles. The van der Waals surface area contributed by atoms with Crippen molar-refractivity contribution in [2.24, 2.45) is 0 Å². The standard InChI is InChI=1S/C11H10ClNO2/c12-7-1-3-8(4-2-7)13-9-5-10(11(13)14)15-6-9/h1-4,9-10H,5-6H2. The maximum Gasteiger partial charge on any atom is 0.256 e. The Kier molecular flexibility index (Phi) is 1.97. The molecule has 78 valence electrons. The lowest BCUT2D eigenvalue weighted by atomic mass is 10.2. The number of carbonyl (C=O) groups excluding carboxylic acids is 1. The highest BCUT2D eigenvalue weighted by Crippen LogP contribution is 2.33. The molecule has 2 atom stereocenters. The second kappa shape index (κ2) is 3.22. The molecule has 2 bridgehead atoms. The van der Waals surface area contributed by atoms with Gasteiger partial charge in [-0.05, 0) is 24.3 Å². The highest BCUT2D eigenvalue weighted by atomic mass is 35.5. The number of halogens is 1. The molecule has 1 aromatic rings. The van der Waals surface area contributed by atoms with E-state index in [1.807, 2.05) is 17.0 Å². The lowest BCUT2D eigenvalue weighted by Crippen LogP contribution is -2.41. The zero-order valence-electron chi connectivity index (χ0n) is 8.02. The average molecular weight is 224 g/mol. The summed E-state index contributed by atoms with van der Waals surface area (Å²) in [5.74, 6) is 0.0774. The summed E-state index contributed by atoms with van der Waals surface area (Å²) in [7, 11) is 0. The summed E-state index contributed by atoms with van der Waals surface area (Å²) in [5, 5.41) is 0.687. The van der Waals surface area contributed by atoms with Crippen molar-refractivity contribution in [1.29, 1.82) is 0 Å². The Labute approximate surface area is 92.6 Å². The Morgan fingerprint density at radius 2 is 2.07 bits per heavy atom. The molecule has 3 nitrogen and oxygen atoms in total. The molecular formula is C11H10ClNO2. The number of fused-ring (bicyclic) bond motifs is 2. The number of amides is 1. The van der Waals surface area contributed by atoms with Crippen LogP contribution in [0.1, 0.15) is 6.42 Å². The molecule has 1 amide bonds. The van der Waals surface area contributed by atoms with Gasteiger partial charge in [-0.1, -0.05) is 11.6 Å². The third-order valence-electron chi connectivity index (χ3n) is 2.96. The molecular weight excluding hydrogens is 214 g/mol. The molecule has 15 heavy (non-hydrogen) atoms. The van der Waals surface area contributed by atoms with Crippen molar-refractivity contribution in [2.45, 2.75) is 18.6 Å². The van der Waals surface area contributed by atoms with Gasteiger partial charge in [0.1, 0.15) is 6.10 Å². The topological polar surface area (TPSA) is 29.5 Å². The fraction of sp³-hybridized carbons (Fsp3) is 0.364. The average Bonchev–Trinajstić information content (AvgIpc) is 2.80. The van der Waals surface area contributed by atoms with Crippen molar-refractivity contribution in [3.05, 3.63) is 29.3 Å². The van der Waals surface area contributed by atoms with Crippen molar-refractivity contribution in [3.8, 4) is 0 Å². The van der Waals surface area contributed by atoms with Crippen LogP contribution in [-0.2, 0) is 9.53 Å². The van der Waals surface area contributed by atoms with E-state index in [0.717, 1.165) is 12.1 Å². The van der Waals surface area contributed by atoms with Gasteiger partial charge >= 0.3 is 0 Å². The van der Waals surface area contributed by atoms with E-state index in [1.54, 1.807) is 12.1 Å². The van der Waals surface area contributed by atoms with Crippen LogP contribution < -0.4 is 4.90 Å². The SMILES string of the molecule is O=C1C2CC(CO2)N1c1ccc(Cl)cc1. The summed E-state index contributed by atoms with van der Waals surface area (Å²) >= 11 is 5.81. The van der Waals surface area contributed by atoms with E-state index < -0.39 is 0 Å². The Morgan fingerprint density at radius 1 is 1.33 bits per heavy atom. The summed E-state index contributed by atoms with van der Waals surface area (Å²) < 4.78 is 5.32. The largest absolute Gasteiger partial charge is 0.366 e. The molecule has 3 rings (SSSR count). The van der Waals surface area contributed by atoms with E-state index in [0.29, 0.717) is 11.6 Å². The molecule has 2 aliphatic rings. The number of anilines is 1. The first-order chi connectivity index (χ1) is 7.25. The molecule has 2 aliphatic heterocycles. The number of hydrogen-bond donors (Lipinski definition) is 0. The first-order valence-corrected chi connectivity index (χ1v) is 5.34. The highest BCUT2D eigenvalue weighted by Gasteiger charge is 2.46. The zero-order chi connectivity index (χ0) is 10.4. The second-order valence-electron chi connectivity index (χ2n) is 3.90. The van der Waals surface area contributed by atoms with Gasteiger partial charge in [0.05, 0.1) is 12.6 Å². The Hall–Kier alpha value is -1.06. The molecule has 0 aliphatic carbocycles. The maximum atomic E-state index is 11.8. The van der Waals surface area contributed by atoms with Gasteiger partial charge in [0.2, 0.25) is 0 Å². The first kappa shape index (κ1) is 9.19. The van der Waals surface area contributed by atoms with Gasteiger partial charge < -0.3 is 9.64 Å². The van der Waals surface area contributed by atoms with E-state index in [4.69, 9.17) is 16.3 Å². The highest BCUT2D eigenvalue weighted by molar-refractivity contribution is 6.30. The summed E-state index contributed by atoms with van der Waals surface area (Å²) in [6.07, 6.45) is 0.604. The number of ether oxygens (including phenoxy) is 1. The minimum atomic E-state index is -0.217. The van der Waals surface area contributed by atoms with Crippen LogP contribution in [0.5, 0.6) is 0 Å². The molecule has 2 unspecified atom stereocenters. The molecule has 0 saturated carbocycles. The van der Waals surface area contributed by atoms with Crippen molar-refractivity contribution in [2.75, 3.05) is 11.5 Å².